The number of hydrogen-bond acceptors (Lipinski definition) is 4. The van der Waals surface area contributed by atoms with Crippen molar-refractivity contribution in [3.8, 4) is 5.75 Å². The predicted molar refractivity (Wildman–Crippen MR) is 141 cm³/mol. The van der Waals surface area contributed by atoms with Gasteiger partial charge in [0, 0.05) is 22.6 Å². The Kier molecular flexibility index (Phi) is 5.26. The topological polar surface area (TPSA) is 67.4 Å². The van der Waals surface area contributed by atoms with Crippen molar-refractivity contribution in [2.24, 2.45) is 5.92 Å². The Labute approximate surface area is 205 Å². The summed E-state index contributed by atoms with van der Waals surface area (Å²) in [6.45, 7) is 0. The van der Waals surface area contributed by atoms with Crippen LogP contribution < -0.4 is 14.8 Å². The third-order valence-corrected chi connectivity index (χ3v) is 8.52. The Hall–Kier alpha value is -3.77. The van der Waals surface area contributed by atoms with Crippen molar-refractivity contribution in [1.29, 1.82) is 0 Å². The van der Waals surface area contributed by atoms with E-state index < -0.39 is 10.0 Å². The van der Waals surface area contributed by atoms with Gasteiger partial charge in [-0.05, 0) is 53.6 Å². The summed E-state index contributed by atoms with van der Waals surface area (Å²) >= 11 is 0. The van der Waals surface area contributed by atoms with Gasteiger partial charge in [-0.2, -0.15) is 0 Å². The average molecular weight is 483 g/mol. The number of nitrogens with one attached hydrogen (secondary N) is 2. The van der Waals surface area contributed by atoms with Crippen LogP contribution in [0.5, 0.6) is 5.75 Å². The fourth-order valence-corrected chi connectivity index (χ4v) is 6.60. The van der Waals surface area contributed by atoms with E-state index in [4.69, 9.17) is 4.74 Å². The van der Waals surface area contributed by atoms with Crippen LogP contribution in [0.25, 0.3) is 10.8 Å². The lowest BCUT2D eigenvalue weighted by Gasteiger charge is -2.38. The molecule has 35 heavy (non-hydrogen) atoms. The maximum Gasteiger partial charge on any atom is 0.261 e. The summed E-state index contributed by atoms with van der Waals surface area (Å²) in [5.41, 5.74) is 3.66. The van der Waals surface area contributed by atoms with Crippen LogP contribution >= 0.6 is 0 Å². The minimum atomic E-state index is -3.77. The van der Waals surface area contributed by atoms with Crippen LogP contribution in [0.1, 0.15) is 29.5 Å². The molecule has 0 saturated heterocycles. The van der Waals surface area contributed by atoms with Crippen LogP contribution in [0, 0.1) is 5.92 Å². The number of hydrogen-bond donors (Lipinski definition) is 2. The van der Waals surface area contributed by atoms with Crippen molar-refractivity contribution in [2.45, 2.75) is 23.3 Å². The fraction of sp³-hybridized carbons (Fsp3) is 0.172. The van der Waals surface area contributed by atoms with Crippen molar-refractivity contribution in [1.82, 2.24) is 0 Å². The van der Waals surface area contributed by atoms with Crippen molar-refractivity contribution >= 4 is 32.2 Å². The normalized spacial score (nSPS) is 20.7. The van der Waals surface area contributed by atoms with Crippen LogP contribution in [0.4, 0.5) is 11.4 Å². The number of benzene rings is 4. The fourth-order valence-electron chi connectivity index (χ4n) is 5.49. The van der Waals surface area contributed by atoms with Crippen LogP contribution in [-0.2, 0) is 10.0 Å². The van der Waals surface area contributed by atoms with Crippen molar-refractivity contribution in [2.75, 3.05) is 17.1 Å². The van der Waals surface area contributed by atoms with Gasteiger partial charge in [0.15, 0.2) is 0 Å². The highest BCUT2D eigenvalue weighted by molar-refractivity contribution is 7.92. The zero-order valence-corrected chi connectivity index (χ0v) is 20.1. The summed E-state index contributed by atoms with van der Waals surface area (Å²) in [4.78, 5) is 0.265. The zero-order chi connectivity index (χ0) is 24.0. The molecule has 6 heteroatoms. The molecule has 4 aromatic rings. The van der Waals surface area contributed by atoms with Crippen LogP contribution in [0.3, 0.4) is 0 Å². The van der Waals surface area contributed by atoms with Gasteiger partial charge in [0.25, 0.3) is 10.0 Å². The maximum absolute atomic E-state index is 13.4. The lowest BCUT2D eigenvalue weighted by atomic mass is 9.77. The van der Waals surface area contributed by atoms with Gasteiger partial charge in [0.2, 0.25) is 0 Å². The predicted octanol–water partition coefficient (Wildman–Crippen LogP) is 6.48. The molecule has 0 bridgehead atoms. The lowest BCUT2D eigenvalue weighted by molar-refractivity contribution is 0.381. The summed E-state index contributed by atoms with van der Waals surface area (Å²) in [5, 5.41) is 5.54. The van der Waals surface area contributed by atoms with Crippen molar-refractivity contribution in [3.05, 3.63) is 108 Å². The largest absolute Gasteiger partial charge is 0.496 e. The van der Waals surface area contributed by atoms with Gasteiger partial charge in [-0.3, -0.25) is 4.72 Å². The molecule has 0 unspecified atom stereocenters. The van der Waals surface area contributed by atoms with E-state index in [2.05, 4.69) is 28.3 Å². The van der Waals surface area contributed by atoms with Gasteiger partial charge in [-0.15, -0.1) is 0 Å². The molecule has 0 radical (unpaired) electrons. The van der Waals surface area contributed by atoms with Gasteiger partial charge in [-0.1, -0.05) is 66.7 Å². The Morgan fingerprint density at radius 1 is 0.914 bits per heavy atom. The smallest absolute Gasteiger partial charge is 0.261 e. The Balaban J connectivity index is 1.37. The second-order valence-corrected chi connectivity index (χ2v) is 10.8. The molecule has 0 saturated carbocycles. The molecular formula is C29H26N2O3S. The highest BCUT2D eigenvalue weighted by Crippen LogP contribution is 2.51. The third-order valence-electron chi connectivity index (χ3n) is 7.15. The van der Waals surface area contributed by atoms with Crippen molar-refractivity contribution < 1.29 is 13.2 Å². The highest BCUT2D eigenvalue weighted by Gasteiger charge is 2.39. The molecule has 1 heterocycles. The molecule has 0 amide bonds. The summed E-state index contributed by atoms with van der Waals surface area (Å²) in [7, 11) is -2.07. The van der Waals surface area contributed by atoms with E-state index in [1.54, 1.807) is 19.2 Å². The van der Waals surface area contributed by atoms with Crippen LogP contribution in [0.2, 0.25) is 0 Å². The molecule has 5 nitrogen and oxygen atoms in total. The number of allylic oxidation sites excluding steroid dienone is 2. The van der Waals surface area contributed by atoms with Crippen LogP contribution in [0.15, 0.2) is 102 Å². The van der Waals surface area contributed by atoms with E-state index >= 15 is 0 Å². The van der Waals surface area contributed by atoms with Gasteiger partial charge >= 0.3 is 0 Å². The minimum Gasteiger partial charge on any atom is -0.496 e. The molecule has 0 fully saturated rings. The third kappa shape index (κ3) is 3.74. The molecule has 176 valence electrons. The maximum atomic E-state index is 13.4. The molecule has 0 aromatic heterocycles. The first-order valence-electron chi connectivity index (χ1n) is 11.8. The summed E-state index contributed by atoms with van der Waals surface area (Å²) in [6.07, 6.45) is 5.33. The zero-order valence-electron chi connectivity index (χ0n) is 19.3. The van der Waals surface area contributed by atoms with E-state index in [9.17, 15) is 8.42 Å². The second kappa shape index (κ2) is 8.47. The van der Waals surface area contributed by atoms with Crippen LogP contribution in [-0.4, -0.2) is 15.5 Å². The molecule has 1 aliphatic carbocycles. The molecule has 4 aromatic carbocycles. The first-order valence-corrected chi connectivity index (χ1v) is 13.2. The highest BCUT2D eigenvalue weighted by atomic mass is 32.2. The number of anilines is 2. The second-order valence-electron chi connectivity index (χ2n) is 9.10. The number of ether oxygens (including phenoxy) is 1. The van der Waals surface area contributed by atoms with Gasteiger partial charge in [0.1, 0.15) is 5.75 Å². The van der Waals surface area contributed by atoms with E-state index in [1.165, 1.54) is 0 Å². The monoisotopic (exact) mass is 482 g/mol. The average Bonchev–Trinajstić information content (AvgIpc) is 3.38. The molecule has 2 aliphatic rings. The van der Waals surface area contributed by atoms with Gasteiger partial charge < -0.3 is 10.1 Å². The standard InChI is InChI=1S/C29H26N2O3S/c1-34-28-15-5-4-11-24(28)29-23-13-7-12-22(23)25-18-20(16-17-26(25)30-29)35(32,33)31-27-14-6-9-19-8-2-3-10-21(19)27/h2-12,14-18,22-23,29-31H,13H2,1H3/t22-,23+,29-/m0/s1. The first-order chi connectivity index (χ1) is 17.0. The summed E-state index contributed by atoms with van der Waals surface area (Å²) in [6, 6.07) is 27.0. The Morgan fingerprint density at radius 2 is 1.71 bits per heavy atom. The van der Waals surface area contributed by atoms with E-state index in [0.29, 0.717) is 5.69 Å². The van der Waals surface area contributed by atoms with Crippen molar-refractivity contribution in [3.63, 3.8) is 0 Å². The molecule has 0 spiro atoms. The number of rotatable bonds is 5. The molecule has 3 atom stereocenters. The molecule has 2 N–H and O–H groups in total. The lowest BCUT2D eigenvalue weighted by Crippen LogP contribution is -2.29. The Bertz CT molecular complexity index is 1560. The molecular weight excluding hydrogens is 456 g/mol. The number of fused-ring (bicyclic) bond motifs is 4. The molecule has 1 aliphatic heterocycles. The van der Waals surface area contributed by atoms with Gasteiger partial charge in [-0.25, -0.2) is 8.42 Å². The van der Waals surface area contributed by atoms with Gasteiger partial charge in [0.05, 0.1) is 23.7 Å². The number of para-hydroxylation sites is 1. The SMILES string of the molecule is COc1ccccc1[C@H]1Nc2ccc(S(=O)(=O)Nc3cccc4ccccc34)cc2[C@H]2C=CC[C@H]21. The van der Waals surface area contributed by atoms with E-state index in [-0.39, 0.29) is 22.8 Å². The minimum absolute atomic E-state index is 0.0786. The van der Waals surface area contributed by atoms with E-state index in [1.807, 2.05) is 66.7 Å². The number of methoxy groups -OCH3 is 1. The first kappa shape index (κ1) is 21.7. The summed E-state index contributed by atoms with van der Waals surface area (Å²) < 4.78 is 35.3. The summed E-state index contributed by atoms with van der Waals surface area (Å²) in [5.74, 6) is 1.27. The van der Waals surface area contributed by atoms with E-state index in [0.717, 1.165) is 39.8 Å². The molecule has 6 rings (SSSR count). The number of sulfonamides is 1. The Morgan fingerprint density at radius 3 is 2.60 bits per heavy atom. The quantitative estimate of drug-likeness (QED) is 0.320.